The van der Waals surface area contributed by atoms with Crippen molar-refractivity contribution in [1.82, 2.24) is 10.6 Å². The van der Waals surface area contributed by atoms with Gasteiger partial charge in [0.1, 0.15) is 6.04 Å². The summed E-state index contributed by atoms with van der Waals surface area (Å²) in [6.45, 7) is 2.00. The van der Waals surface area contributed by atoms with Crippen LogP contribution in [0.5, 0.6) is 0 Å². The average molecular weight is 282 g/mol. The Hall–Kier alpha value is -1.26. The highest BCUT2D eigenvalue weighted by Crippen LogP contribution is 2.29. The Kier molecular flexibility index (Phi) is 5.26. The van der Waals surface area contributed by atoms with Crippen LogP contribution in [0, 0.1) is 11.8 Å². The van der Waals surface area contributed by atoms with Crippen molar-refractivity contribution in [3.8, 4) is 0 Å². The Morgan fingerprint density at radius 1 is 0.950 bits per heavy atom. The number of carbonyl (C=O) groups excluding carboxylic acids is 1. The molecule has 2 fully saturated rings. The van der Waals surface area contributed by atoms with Crippen LogP contribution in [-0.2, 0) is 4.79 Å². The summed E-state index contributed by atoms with van der Waals surface area (Å²) < 4.78 is 0. The highest BCUT2D eigenvalue weighted by atomic mass is 16.4. The third-order valence-electron chi connectivity index (χ3n) is 4.89. The molecule has 2 aliphatic rings. The van der Waals surface area contributed by atoms with Gasteiger partial charge in [0.15, 0.2) is 0 Å². The Morgan fingerprint density at radius 2 is 1.55 bits per heavy atom. The molecule has 0 bridgehead atoms. The normalized spacial score (nSPS) is 23.4. The first-order chi connectivity index (χ1) is 9.58. The lowest BCUT2D eigenvalue weighted by Crippen LogP contribution is -2.53. The van der Waals surface area contributed by atoms with E-state index in [-0.39, 0.29) is 18.0 Å². The highest BCUT2D eigenvalue weighted by molar-refractivity contribution is 5.82. The van der Waals surface area contributed by atoms with Crippen LogP contribution in [0.2, 0.25) is 0 Å². The third-order valence-corrected chi connectivity index (χ3v) is 4.89. The summed E-state index contributed by atoms with van der Waals surface area (Å²) in [4.78, 5) is 23.3. The smallest absolute Gasteiger partial charge is 0.326 e. The molecule has 20 heavy (non-hydrogen) atoms. The zero-order valence-electron chi connectivity index (χ0n) is 12.2. The summed E-state index contributed by atoms with van der Waals surface area (Å²) in [5.41, 5.74) is 0. The van der Waals surface area contributed by atoms with Crippen molar-refractivity contribution in [1.29, 1.82) is 0 Å². The highest BCUT2D eigenvalue weighted by Gasteiger charge is 2.32. The van der Waals surface area contributed by atoms with E-state index in [1.807, 2.05) is 6.92 Å². The standard InChI is InChI=1S/C15H26N2O3/c1-10(11-8-5-9-11)16-15(20)17-13(14(18)19)12-6-3-2-4-7-12/h10-13H,2-9H2,1H3,(H,18,19)(H2,16,17,20). The molecule has 114 valence electrons. The van der Waals surface area contributed by atoms with Gasteiger partial charge < -0.3 is 15.7 Å². The molecule has 2 saturated carbocycles. The van der Waals surface area contributed by atoms with E-state index in [9.17, 15) is 14.7 Å². The fraction of sp³-hybridized carbons (Fsp3) is 0.867. The number of hydrogen-bond donors (Lipinski definition) is 3. The molecule has 0 heterocycles. The van der Waals surface area contributed by atoms with E-state index in [0.717, 1.165) is 38.5 Å². The van der Waals surface area contributed by atoms with Gasteiger partial charge in [-0.1, -0.05) is 25.7 Å². The average Bonchev–Trinajstić information content (AvgIpc) is 2.34. The van der Waals surface area contributed by atoms with Crippen molar-refractivity contribution in [3.05, 3.63) is 0 Å². The van der Waals surface area contributed by atoms with Gasteiger partial charge in [0.2, 0.25) is 0 Å². The first kappa shape index (κ1) is 15.1. The number of carbonyl (C=O) groups is 2. The second-order valence-electron chi connectivity index (χ2n) is 6.31. The molecule has 2 unspecified atom stereocenters. The lowest BCUT2D eigenvalue weighted by molar-refractivity contribution is -0.141. The minimum absolute atomic E-state index is 0.0750. The van der Waals surface area contributed by atoms with E-state index in [1.54, 1.807) is 0 Å². The Labute approximate surface area is 120 Å². The molecule has 5 nitrogen and oxygen atoms in total. The number of urea groups is 1. The van der Waals surface area contributed by atoms with E-state index >= 15 is 0 Å². The van der Waals surface area contributed by atoms with E-state index in [4.69, 9.17) is 0 Å². The zero-order valence-corrected chi connectivity index (χ0v) is 12.2. The van der Waals surface area contributed by atoms with Crippen molar-refractivity contribution in [2.45, 2.75) is 70.4 Å². The summed E-state index contributed by atoms with van der Waals surface area (Å²) in [5.74, 6) is -0.284. The first-order valence-electron chi connectivity index (χ1n) is 7.87. The maximum atomic E-state index is 12.0. The number of carboxylic acids is 1. The lowest BCUT2D eigenvalue weighted by Gasteiger charge is -2.33. The fourth-order valence-electron chi connectivity index (χ4n) is 3.30. The molecule has 0 radical (unpaired) electrons. The topological polar surface area (TPSA) is 78.4 Å². The summed E-state index contributed by atoms with van der Waals surface area (Å²) in [6, 6.07) is -0.948. The molecular formula is C15H26N2O3. The van der Waals surface area contributed by atoms with E-state index in [2.05, 4.69) is 10.6 Å². The molecule has 0 aliphatic heterocycles. The molecule has 0 aromatic heterocycles. The van der Waals surface area contributed by atoms with Gasteiger partial charge in [-0.15, -0.1) is 0 Å². The van der Waals surface area contributed by atoms with Crippen molar-refractivity contribution < 1.29 is 14.7 Å². The molecule has 0 aromatic rings. The summed E-state index contributed by atoms with van der Waals surface area (Å²) in [5, 5.41) is 14.9. The fourth-order valence-corrected chi connectivity index (χ4v) is 3.30. The van der Waals surface area contributed by atoms with Gasteiger partial charge in [0.25, 0.3) is 0 Å². The van der Waals surface area contributed by atoms with E-state index in [1.165, 1.54) is 12.8 Å². The van der Waals surface area contributed by atoms with Crippen molar-refractivity contribution in [3.63, 3.8) is 0 Å². The zero-order chi connectivity index (χ0) is 14.5. The van der Waals surface area contributed by atoms with Crippen LogP contribution in [0.15, 0.2) is 0 Å². The molecule has 0 saturated heterocycles. The molecule has 2 aliphatic carbocycles. The second kappa shape index (κ2) is 6.95. The second-order valence-corrected chi connectivity index (χ2v) is 6.31. The quantitative estimate of drug-likeness (QED) is 0.725. The van der Waals surface area contributed by atoms with Gasteiger partial charge in [-0.2, -0.15) is 0 Å². The number of aliphatic carboxylic acids is 1. The van der Waals surface area contributed by atoms with Crippen LogP contribution in [0.3, 0.4) is 0 Å². The maximum absolute atomic E-state index is 12.0. The lowest BCUT2D eigenvalue weighted by atomic mass is 9.80. The van der Waals surface area contributed by atoms with Crippen molar-refractivity contribution >= 4 is 12.0 Å². The Balaban J connectivity index is 1.83. The molecule has 0 spiro atoms. The number of carboxylic acid groups (broad SMARTS) is 1. The van der Waals surface area contributed by atoms with E-state index < -0.39 is 12.0 Å². The minimum Gasteiger partial charge on any atom is -0.480 e. The summed E-state index contributed by atoms with van der Waals surface area (Å²) >= 11 is 0. The van der Waals surface area contributed by atoms with Gasteiger partial charge in [-0.25, -0.2) is 9.59 Å². The van der Waals surface area contributed by atoms with Gasteiger partial charge >= 0.3 is 12.0 Å². The molecule has 2 amide bonds. The third kappa shape index (κ3) is 3.87. The molecule has 3 N–H and O–H groups in total. The van der Waals surface area contributed by atoms with Crippen LogP contribution < -0.4 is 10.6 Å². The largest absolute Gasteiger partial charge is 0.480 e. The van der Waals surface area contributed by atoms with Crippen LogP contribution in [-0.4, -0.2) is 29.2 Å². The monoisotopic (exact) mass is 282 g/mol. The van der Waals surface area contributed by atoms with Crippen molar-refractivity contribution in [2.24, 2.45) is 11.8 Å². The number of hydrogen-bond acceptors (Lipinski definition) is 2. The van der Waals surface area contributed by atoms with Crippen LogP contribution in [0.1, 0.15) is 58.3 Å². The Bertz CT molecular complexity index is 349. The van der Waals surface area contributed by atoms with Crippen LogP contribution >= 0.6 is 0 Å². The predicted molar refractivity (Wildman–Crippen MR) is 76.5 cm³/mol. The molecule has 5 heteroatoms. The number of amides is 2. The molecule has 0 aromatic carbocycles. The molecule has 2 rings (SSSR count). The van der Waals surface area contributed by atoms with Gasteiger partial charge in [-0.3, -0.25) is 0 Å². The van der Waals surface area contributed by atoms with Gasteiger partial charge in [0, 0.05) is 6.04 Å². The Morgan fingerprint density at radius 3 is 2.05 bits per heavy atom. The van der Waals surface area contributed by atoms with E-state index in [0.29, 0.717) is 5.92 Å². The summed E-state index contributed by atoms with van der Waals surface area (Å²) in [6.07, 6.45) is 8.65. The predicted octanol–water partition coefficient (Wildman–Crippen LogP) is 2.51. The summed E-state index contributed by atoms with van der Waals surface area (Å²) in [7, 11) is 0. The van der Waals surface area contributed by atoms with Crippen LogP contribution in [0.25, 0.3) is 0 Å². The number of rotatable bonds is 5. The van der Waals surface area contributed by atoms with Gasteiger partial charge in [0.05, 0.1) is 0 Å². The SMILES string of the molecule is CC(NC(=O)NC(C(=O)O)C1CCCCC1)C1CCC1. The molecule has 2 atom stereocenters. The van der Waals surface area contributed by atoms with Crippen molar-refractivity contribution in [2.75, 3.05) is 0 Å². The minimum atomic E-state index is -0.914. The van der Waals surface area contributed by atoms with Gasteiger partial charge in [-0.05, 0) is 44.4 Å². The maximum Gasteiger partial charge on any atom is 0.326 e. The van der Waals surface area contributed by atoms with Crippen LogP contribution in [0.4, 0.5) is 4.79 Å². The first-order valence-corrected chi connectivity index (χ1v) is 7.87. The number of nitrogens with one attached hydrogen (secondary N) is 2. The molecular weight excluding hydrogens is 256 g/mol.